The van der Waals surface area contributed by atoms with E-state index >= 15 is 0 Å². The summed E-state index contributed by atoms with van der Waals surface area (Å²) in [5.41, 5.74) is 7.81. The van der Waals surface area contributed by atoms with E-state index < -0.39 is 0 Å². The van der Waals surface area contributed by atoms with Gasteiger partial charge in [-0.05, 0) is 43.9 Å². The van der Waals surface area contributed by atoms with Crippen LogP contribution in [0.4, 0.5) is 0 Å². The number of H-pyrrole nitrogens is 2. The molecule has 6 rings (SSSR count). The second-order valence-electron chi connectivity index (χ2n) is 8.40. The van der Waals surface area contributed by atoms with E-state index in [1.165, 1.54) is 0 Å². The van der Waals surface area contributed by atoms with Gasteiger partial charge in [-0.25, -0.2) is 9.97 Å². The van der Waals surface area contributed by atoms with E-state index in [1.807, 2.05) is 50.9 Å². The Hall–Kier alpha value is -4.50. The molecule has 166 valence electrons. The third-order valence-electron chi connectivity index (χ3n) is 5.60. The standard InChI is InChI=1S/C25H21N9/c1-34(2)14-15-7-16(10-26-9-15)17-8-18-23(32-33-24(18)29-11-17)25-30-21-13-27-12-19(22(21)31-25)20-5-3-4-6-28-20/h3-13H,14H2,1-2H3,(H,30,31)(H,29,32,33). The van der Waals surface area contributed by atoms with E-state index in [9.17, 15) is 0 Å². The van der Waals surface area contributed by atoms with Gasteiger partial charge < -0.3 is 9.88 Å². The van der Waals surface area contributed by atoms with E-state index in [0.29, 0.717) is 17.2 Å². The maximum atomic E-state index is 4.87. The topological polar surface area (TPSA) is 112 Å². The van der Waals surface area contributed by atoms with Crippen LogP contribution in [-0.2, 0) is 6.54 Å². The van der Waals surface area contributed by atoms with Gasteiger partial charge in [-0.1, -0.05) is 6.07 Å². The molecule has 0 atom stereocenters. The number of pyridine rings is 4. The predicted molar refractivity (Wildman–Crippen MR) is 131 cm³/mol. The summed E-state index contributed by atoms with van der Waals surface area (Å²) in [7, 11) is 4.08. The number of aromatic amines is 2. The zero-order chi connectivity index (χ0) is 23.1. The highest BCUT2D eigenvalue weighted by molar-refractivity contribution is 5.96. The molecule has 0 saturated heterocycles. The summed E-state index contributed by atoms with van der Waals surface area (Å²) in [5.74, 6) is 0.643. The maximum absolute atomic E-state index is 4.87. The summed E-state index contributed by atoms with van der Waals surface area (Å²) in [5, 5.41) is 8.41. The molecule has 9 heteroatoms. The molecule has 2 N–H and O–H groups in total. The second kappa shape index (κ2) is 8.13. The molecular formula is C25H21N9. The number of fused-ring (bicyclic) bond motifs is 2. The molecule has 0 aliphatic rings. The Morgan fingerprint density at radius 2 is 1.79 bits per heavy atom. The van der Waals surface area contributed by atoms with Gasteiger partial charge in [-0.2, -0.15) is 5.10 Å². The van der Waals surface area contributed by atoms with E-state index in [2.05, 4.69) is 52.1 Å². The number of rotatable bonds is 5. The van der Waals surface area contributed by atoms with Gasteiger partial charge in [0.25, 0.3) is 0 Å². The highest BCUT2D eigenvalue weighted by Crippen LogP contribution is 2.31. The van der Waals surface area contributed by atoms with Gasteiger partial charge in [0.05, 0.1) is 22.8 Å². The summed E-state index contributed by atoms with van der Waals surface area (Å²) in [6.45, 7) is 0.819. The van der Waals surface area contributed by atoms with Crippen LogP contribution in [0.25, 0.3) is 56.0 Å². The fourth-order valence-corrected chi connectivity index (χ4v) is 4.09. The molecule has 0 radical (unpaired) electrons. The lowest BCUT2D eigenvalue weighted by Crippen LogP contribution is -2.10. The first-order chi connectivity index (χ1) is 16.7. The van der Waals surface area contributed by atoms with Crippen molar-refractivity contribution in [3.63, 3.8) is 0 Å². The van der Waals surface area contributed by atoms with Crippen molar-refractivity contribution >= 4 is 22.1 Å². The number of hydrogen-bond acceptors (Lipinski definition) is 7. The van der Waals surface area contributed by atoms with Gasteiger partial charge in [0.15, 0.2) is 11.5 Å². The minimum Gasteiger partial charge on any atom is -0.335 e. The van der Waals surface area contributed by atoms with Gasteiger partial charge in [0, 0.05) is 54.2 Å². The van der Waals surface area contributed by atoms with Crippen LogP contribution < -0.4 is 0 Å². The van der Waals surface area contributed by atoms with Crippen molar-refractivity contribution < 1.29 is 0 Å². The van der Waals surface area contributed by atoms with Crippen molar-refractivity contribution in [2.75, 3.05) is 14.1 Å². The molecule has 34 heavy (non-hydrogen) atoms. The van der Waals surface area contributed by atoms with Crippen molar-refractivity contribution in [2.24, 2.45) is 0 Å². The Labute approximate surface area is 195 Å². The van der Waals surface area contributed by atoms with Crippen molar-refractivity contribution in [2.45, 2.75) is 6.54 Å². The second-order valence-corrected chi connectivity index (χ2v) is 8.40. The van der Waals surface area contributed by atoms with Crippen LogP contribution in [0.3, 0.4) is 0 Å². The van der Waals surface area contributed by atoms with Crippen molar-refractivity contribution in [3.05, 3.63) is 73.1 Å². The number of nitrogens with zero attached hydrogens (tertiary/aromatic N) is 7. The largest absolute Gasteiger partial charge is 0.335 e. The van der Waals surface area contributed by atoms with Gasteiger partial charge in [0.2, 0.25) is 0 Å². The number of nitrogens with one attached hydrogen (secondary N) is 2. The zero-order valence-electron chi connectivity index (χ0n) is 18.7. The SMILES string of the molecule is CN(C)Cc1cncc(-c2cnc3[nH]nc(-c4nc5c(-c6ccccn6)cncc5[nH]4)c3c2)c1. The molecule has 6 aromatic rings. The fraction of sp³-hybridized carbons (Fsp3) is 0.120. The molecule has 9 nitrogen and oxygen atoms in total. The van der Waals surface area contributed by atoms with Gasteiger partial charge in [-0.15, -0.1) is 0 Å². The first-order valence-electron chi connectivity index (χ1n) is 10.8. The molecule has 0 aromatic carbocycles. The minimum atomic E-state index is 0.643. The van der Waals surface area contributed by atoms with Crippen LogP contribution in [0.5, 0.6) is 0 Å². The first-order valence-corrected chi connectivity index (χ1v) is 10.8. The molecule has 0 fully saturated rings. The number of hydrogen-bond donors (Lipinski definition) is 2. The van der Waals surface area contributed by atoms with E-state index in [4.69, 9.17) is 4.98 Å². The molecule has 0 bridgehead atoms. The molecular weight excluding hydrogens is 426 g/mol. The van der Waals surface area contributed by atoms with E-state index in [0.717, 1.165) is 50.9 Å². The van der Waals surface area contributed by atoms with E-state index in [1.54, 1.807) is 18.6 Å². The lowest BCUT2D eigenvalue weighted by atomic mass is 10.1. The summed E-state index contributed by atoms with van der Waals surface area (Å²) in [6, 6.07) is 10.00. The molecule has 0 aliphatic carbocycles. The molecule has 0 saturated carbocycles. The lowest BCUT2D eigenvalue weighted by molar-refractivity contribution is 0.402. The Morgan fingerprint density at radius 1 is 0.912 bits per heavy atom. The Morgan fingerprint density at radius 3 is 2.65 bits per heavy atom. The molecule has 0 amide bonds. The number of aromatic nitrogens is 8. The molecule has 6 aromatic heterocycles. The summed E-state index contributed by atoms with van der Waals surface area (Å²) < 4.78 is 0. The smallest absolute Gasteiger partial charge is 0.159 e. The van der Waals surface area contributed by atoms with Gasteiger partial charge in [0.1, 0.15) is 11.2 Å². The average molecular weight is 448 g/mol. The van der Waals surface area contributed by atoms with Crippen molar-refractivity contribution in [1.29, 1.82) is 0 Å². The van der Waals surface area contributed by atoms with E-state index in [-0.39, 0.29) is 0 Å². The van der Waals surface area contributed by atoms with Crippen LogP contribution in [0.15, 0.2) is 67.5 Å². The molecule has 0 spiro atoms. The monoisotopic (exact) mass is 447 g/mol. The zero-order valence-corrected chi connectivity index (χ0v) is 18.7. The van der Waals surface area contributed by atoms with Crippen LogP contribution in [0.2, 0.25) is 0 Å². The van der Waals surface area contributed by atoms with Crippen LogP contribution in [0.1, 0.15) is 5.56 Å². The predicted octanol–water partition coefficient (Wildman–Crippen LogP) is 4.08. The highest BCUT2D eigenvalue weighted by atomic mass is 15.2. The highest BCUT2D eigenvalue weighted by Gasteiger charge is 2.17. The minimum absolute atomic E-state index is 0.643. The third kappa shape index (κ3) is 3.57. The van der Waals surface area contributed by atoms with Gasteiger partial charge >= 0.3 is 0 Å². The maximum Gasteiger partial charge on any atom is 0.159 e. The summed E-state index contributed by atoms with van der Waals surface area (Å²) in [4.78, 5) is 28.2. The summed E-state index contributed by atoms with van der Waals surface area (Å²) in [6.07, 6.45) is 10.9. The summed E-state index contributed by atoms with van der Waals surface area (Å²) >= 11 is 0. The fourth-order valence-electron chi connectivity index (χ4n) is 4.09. The van der Waals surface area contributed by atoms with Crippen molar-refractivity contribution in [1.82, 2.24) is 45.0 Å². The third-order valence-corrected chi connectivity index (χ3v) is 5.60. The van der Waals surface area contributed by atoms with Crippen LogP contribution >= 0.6 is 0 Å². The molecule has 0 unspecified atom stereocenters. The van der Waals surface area contributed by atoms with Crippen molar-refractivity contribution in [3.8, 4) is 33.9 Å². The Kier molecular flexibility index (Phi) is 4.81. The Bertz CT molecular complexity index is 1620. The Balaban J connectivity index is 1.45. The molecule has 6 heterocycles. The van der Waals surface area contributed by atoms with Crippen LogP contribution in [0, 0.1) is 0 Å². The van der Waals surface area contributed by atoms with Gasteiger partial charge in [-0.3, -0.25) is 20.1 Å². The van der Waals surface area contributed by atoms with Crippen LogP contribution in [-0.4, -0.2) is 59.1 Å². The lowest BCUT2D eigenvalue weighted by Gasteiger charge is -2.10. The average Bonchev–Trinajstić information content (AvgIpc) is 3.48. The molecule has 0 aliphatic heterocycles. The normalized spacial score (nSPS) is 11.6. The first kappa shape index (κ1) is 20.1. The quantitative estimate of drug-likeness (QED) is 0.409. The number of imidazole rings is 1.